The van der Waals surface area contributed by atoms with Crippen LogP contribution in [0, 0.1) is 0 Å². The Balaban J connectivity index is 1.60. The molecule has 4 nitrogen and oxygen atoms in total. The monoisotopic (exact) mass is 380 g/mol. The molecule has 1 amide bonds. The number of carbonyl (C=O) groups is 1. The van der Waals surface area contributed by atoms with Crippen LogP contribution in [-0.4, -0.2) is 11.0 Å². The largest absolute Gasteiger partial charge is 0.457 e. The Hall–Kier alpha value is -2.89. The van der Waals surface area contributed by atoms with Gasteiger partial charge in [0.1, 0.15) is 17.2 Å². The SMILES string of the molecule is O=C1/C(=C/c2ccc(-c3ccc(Cl)cc3)o2)NC(=S)N1c1ccccc1. The number of rotatable bonds is 3. The maximum absolute atomic E-state index is 12.7. The highest BCUT2D eigenvalue weighted by molar-refractivity contribution is 7.80. The minimum Gasteiger partial charge on any atom is -0.457 e. The summed E-state index contributed by atoms with van der Waals surface area (Å²) >= 11 is 11.2. The molecule has 4 rings (SSSR count). The van der Waals surface area contributed by atoms with Crippen molar-refractivity contribution in [1.29, 1.82) is 0 Å². The molecule has 1 N–H and O–H groups in total. The normalized spacial score (nSPS) is 15.6. The smallest absolute Gasteiger partial charge is 0.281 e. The number of amides is 1. The fraction of sp³-hybridized carbons (Fsp3) is 0. The second-order valence-electron chi connectivity index (χ2n) is 5.67. The maximum atomic E-state index is 12.7. The van der Waals surface area contributed by atoms with Gasteiger partial charge in [-0.05, 0) is 60.7 Å². The molecule has 1 aromatic heterocycles. The molecule has 26 heavy (non-hydrogen) atoms. The molecule has 0 radical (unpaired) electrons. The van der Waals surface area contributed by atoms with Gasteiger partial charge >= 0.3 is 0 Å². The Morgan fingerprint density at radius 1 is 1.00 bits per heavy atom. The highest BCUT2D eigenvalue weighted by atomic mass is 35.5. The maximum Gasteiger partial charge on any atom is 0.281 e. The first-order chi connectivity index (χ1) is 12.6. The highest BCUT2D eigenvalue weighted by Crippen LogP contribution is 2.26. The summed E-state index contributed by atoms with van der Waals surface area (Å²) in [5.41, 5.74) is 2.00. The number of halogens is 1. The first-order valence-corrected chi connectivity index (χ1v) is 8.68. The summed E-state index contributed by atoms with van der Waals surface area (Å²) in [5.74, 6) is 1.04. The van der Waals surface area contributed by atoms with Crippen molar-refractivity contribution in [3.8, 4) is 11.3 Å². The van der Waals surface area contributed by atoms with E-state index in [1.807, 2.05) is 48.5 Å². The number of benzene rings is 2. The Morgan fingerprint density at radius 2 is 1.73 bits per heavy atom. The van der Waals surface area contributed by atoms with Gasteiger partial charge in [-0.1, -0.05) is 29.8 Å². The van der Waals surface area contributed by atoms with Crippen molar-refractivity contribution in [3.63, 3.8) is 0 Å². The molecule has 6 heteroatoms. The van der Waals surface area contributed by atoms with Gasteiger partial charge < -0.3 is 9.73 Å². The molecule has 128 valence electrons. The number of nitrogens with one attached hydrogen (secondary N) is 1. The number of nitrogens with zero attached hydrogens (tertiary/aromatic N) is 1. The lowest BCUT2D eigenvalue weighted by molar-refractivity contribution is -0.113. The van der Waals surface area contributed by atoms with E-state index in [4.69, 9.17) is 28.2 Å². The number of furan rings is 1. The Bertz CT molecular complexity index is 1010. The van der Waals surface area contributed by atoms with E-state index in [-0.39, 0.29) is 5.91 Å². The van der Waals surface area contributed by atoms with E-state index in [1.165, 1.54) is 4.90 Å². The zero-order valence-corrected chi connectivity index (χ0v) is 15.1. The van der Waals surface area contributed by atoms with E-state index < -0.39 is 0 Å². The van der Waals surface area contributed by atoms with Crippen LogP contribution in [0.5, 0.6) is 0 Å². The molecular weight excluding hydrogens is 368 g/mol. The van der Waals surface area contributed by atoms with Crippen molar-refractivity contribution in [2.24, 2.45) is 0 Å². The molecule has 1 fully saturated rings. The van der Waals surface area contributed by atoms with Gasteiger partial charge in [-0.15, -0.1) is 0 Å². The average molecular weight is 381 g/mol. The quantitative estimate of drug-likeness (QED) is 0.520. The average Bonchev–Trinajstić information content (AvgIpc) is 3.21. The van der Waals surface area contributed by atoms with Crippen molar-refractivity contribution >= 4 is 46.6 Å². The van der Waals surface area contributed by atoms with Crippen molar-refractivity contribution < 1.29 is 9.21 Å². The van der Waals surface area contributed by atoms with Crippen LogP contribution in [0.25, 0.3) is 17.4 Å². The molecule has 0 bridgehead atoms. The van der Waals surface area contributed by atoms with E-state index >= 15 is 0 Å². The van der Waals surface area contributed by atoms with E-state index in [1.54, 1.807) is 24.3 Å². The first kappa shape index (κ1) is 16.6. The third-order valence-electron chi connectivity index (χ3n) is 3.93. The van der Waals surface area contributed by atoms with Crippen LogP contribution in [0.4, 0.5) is 5.69 Å². The third-order valence-corrected chi connectivity index (χ3v) is 4.47. The number of hydrogen-bond donors (Lipinski definition) is 1. The lowest BCUT2D eigenvalue weighted by atomic mass is 10.2. The summed E-state index contributed by atoms with van der Waals surface area (Å²) < 4.78 is 5.82. The van der Waals surface area contributed by atoms with E-state index in [2.05, 4.69) is 5.32 Å². The van der Waals surface area contributed by atoms with Crippen molar-refractivity contribution in [2.45, 2.75) is 0 Å². The second kappa shape index (κ2) is 6.78. The van der Waals surface area contributed by atoms with Crippen LogP contribution in [0.1, 0.15) is 5.76 Å². The molecule has 3 aromatic rings. The van der Waals surface area contributed by atoms with Crippen LogP contribution >= 0.6 is 23.8 Å². The van der Waals surface area contributed by atoms with Crippen molar-refractivity contribution in [3.05, 3.63) is 83.2 Å². The summed E-state index contributed by atoms with van der Waals surface area (Å²) in [6.45, 7) is 0. The number of para-hydroxylation sites is 1. The third kappa shape index (κ3) is 3.14. The van der Waals surface area contributed by atoms with Gasteiger partial charge in [-0.2, -0.15) is 0 Å². The zero-order valence-electron chi connectivity index (χ0n) is 13.5. The number of carbonyl (C=O) groups excluding carboxylic acids is 1. The highest BCUT2D eigenvalue weighted by Gasteiger charge is 2.32. The molecule has 2 aromatic carbocycles. The number of hydrogen-bond acceptors (Lipinski definition) is 3. The van der Waals surface area contributed by atoms with Crippen LogP contribution in [0.3, 0.4) is 0 Å². The molecule has 0 atom stereocenters. The van der Waals surface area contributed by atoms with E-state index in [0.29, 0.717) is 27.4 Å². The predicted octanol–water partition coefficient (Wildman–Crippen LogP) is 4.86. The lowest BCUT2D eigenvalue weighted by Crippen LogP contribution is -2.30. The molecule has 0 unspecified atom stereocenters. The van der Waals surface area contributed by atoms with Gasteiger partial charge in [0.15, 0.2) is 5.11 Å². The molecule has 2 heterocycles. The van der Waals surface area contributed by atoms with Gasteiger partial charge in [0.2, 0.25) is 0 Å². The lowest BCUT2D eigenvalue weighted by Gasteiger charge is -2.13. The molecule has 0 saturated carbocycles. The molecule has 1 aliphatic heterocycles. The molecule has 0 aliphatic carbocycles. The molecule has 1 saturated heterocycles. The fourth-order valence-corrected chi connectivity index (χ4v) is 3.11. The Kier molecular flexibility index (Phi) is 4.32. The van der Waals surface area contributed by atoms with Gasteiger partial charge in [-0.25, -0.2) is 0 Å². The zero-order chi connectivity index (χ0) is 18.1. The van der Waals surface area contributed by atoms with Crippen LogP contribution in [0.15, 0.2) is 76.8 Å². The molecule has 1 aliphatic rings. The van der Waals surface area contributed by atoms with Gasteiger partial charge in [0.05, 0.1) is 5.69 Å². The van der Waals surface area contributed by atoms with Crippen LogP contribution in [-0.2, 0) is 4.79 Å². The van der Waals surface area contributed by atoms with E-state index in [9.17, 15) is 4.79 Å². The summed E-state index contributed by atoms with van der Waals surface area (Å²) in [6, 6.07) is 20.3. The van der Waals surface area contributed by atoms with Crippen LogP contribution < -0.4 is 10.2 Å². The predicted molar refractivity (Wildman–Crippen MR) is 107 cm³/mol. The summed E-state index contributed by atoms with van der Waals surface area (Å²) in [4.78, 5) is 14.1. The number of thiocarbonyl (C=S) groups is 1. The van der Waals surface area contributed by atoms with Crippen LogP contribution in [0.2, 0.25) is 5.02 Å². The molecular formula is C20H13ClN2O2S. The molecule has 0 spiro atoms. The standard InChI is InChI=1S/C20H13ClN2O2S/c21-14-8-6-13(7-9-14)18-11-10-16(25-18)12-17-19(24)23(20(26)22-17)15-4-2-1-3-5-15/h1-12H,(H,22,26)/b17-12-. The van der Waals surface area contributed by atoms with Gasteiger partial charge in [0.25, 0.3) is 5.91 Å². The summed E-state index contributed by atoms with van der Waals surface area (Å²) in [7, 11) is 0. The van der Waals surface area contributed by atoms with E-state index in [0.717, 1.165) is 11.3 Å². The fourth-order valence-electron chi connectivity index (χ4n) is 2.69. The summed E-state index contributed by atoms with van der Waals surface area (Å²) in [6.07, 6.45) is 1.65. The van der Waals surface area contributed by atoms with Gasteiger partial charge in [0, 0.05) is 16.7 Å². The number of anilines is 1. The Morgan fingerprint density at radius 3 is 2.46 bits per heavy atom. The minimum absolute atomic E-state index is 0.217. The summed E-state index contributed by atoms with van der Waals surface area (Å²) in [5, 5.41) is 3.96. The van der Waals surface area contributed by atoms with Crippen molar-refractivity contribution in [1.82, 2.24) is 5.32 Å². The second-order valence-corrected chi connectivity index (χ2v) is 6.50. The van der Waals surface area contributed by atoms with Crippen molar-refractivity contribution in [2.75, 3.05) is 4.90 Å². The topological polar surface area (TPSA) is 45.5 Å². The van der Waals surface area contributed by atoms with Gasteiger partial charge in [-0.3, -0.25) is 9.69 Å². The first-order valence-electron chi connectivity index (χ1n) is 7.90. The Labute approximate surface area is 160 Å². The minimum atomic E-state index is -0.217.